The van der Waals surface area contributed by atoms with Gasteiger partial charge in [0.1, 0.15) is 0 Å². The summed E-state index contributed by atoms with van der Waals surface area (Å²) in [6.45, 7) is 0. The summed E-state index contributed by atoms with van der Waals surface area (Å²) in [5, 5.41) is 5.72. The Morgan fingerprint density at radius 2 is 1.60 bits per heavy atom. The Balaban J connectivity index is 2.10. The molecule has 0 aromatic heterocycles. The van der Waals surface area contributed by atoms with Crippen molar-refractivity contribution in [1.29, 1.82) is 0 Å². The summed E-state index contributed by atoms with van der Waals surface area (Å²) < 4.78 is 0. The van der Waals surface area contributed by atoms with Gasteiger partial charge in [0.25, 0.3) is 0 Å². The molecule has 0 unspecified atom stereocenters. The van der Waals surface area contributed by atoms with Crippen LogP contribution in [0, 0.1) is 0 Å². The van der Waals surface area contributed by atoms with Gasteiger partial charge in [0.15, 0.2) is 0 Å². The third-order valence-corrected chi connectivity index (χ3v) is 3.65. The summed E-state index contributed by atoms with van der Waals surface area (Å²) in [6, 6.07) is 23.3. The van der Waals surface area contributed by atoms with Crippen molar-refractivity contribution in [3.05, 3.63) is 66.7 Å². The first-order chi connectivity index (χ1) is 9.79. The van der Waals surface area contributed by atoms with Gasteiger partial charge >= 0.3 is 0 Å². The van der Waals surface area contributed by atoms with Gasteiger partial charge in [0.2, 0.25) is 0 Å². The van der Waals surface area contributed by atoms with E-state index in [0.717, 1.165) is 5.69 Å². The lowest BCUT2D eigenvalue weighted by Crippen LogP contribution is -2.10. The number of benzene rings is 3. The quantitative estimate of drug-likeness (QED) is 0.739. The SMILES string of the molecule is CNc1cccc(N(C)c2cccc3ccccc23)c1. The van der Waals surface area contributed by atoms with Crippen LogP contribution >= 0.6 is 0 Å². The summed E-state index contributed by atoms with van der Waals surface area (Å²) >= 11 is 0. The first-order valence-electron chi connectivity index (χ1n) is 6.79. The number of rotatable bonds is 3. The van der Waals surface area contributed by atoms with Crippen LogP contribution in [0.15, 0.2) is 66.7 Å². The molecule has 0 bridgehead atoms. The molecule has 0 atom stereocenters. The first-order valence-corrected chi connectivity index (χ1v) is 6.79. The lowest BCUT2D eigenvalue weighted by Gasteiger charge is -2.22. The minimum atomic E-state index is 1.12. The first kappa shape index (κ1) is 12.5. The van der Waals surface area contributed by atoms with Gasteiger partial charge in [-0.25, -0.2) is 0 Å². The highest BCUT2D eigenvalue weighted by atomic mass is 15.1. The van der Waals surface area contributed by atoms with Crippen molar-refractivity contribution in [2.24, 2.45) is 0 Å². The van der Waals surface area contributed by atoms with E-state index in [1.165, 1.54) is 22.1 Å². The van der Waals surface area contributed by atoms with Crippen molar-refractivity contribution in [1.82, 2.24) is 0 Å². The summed E-state index contributed by atoms with van der Waals surface area (Å²) in [4.78, 5) is 2.23. The molecule has 100 valence electrons. The molecule has 0 aliphatic heterocycles. The van der Waals surface area contributed by atoms with Crippen molar-refractivity contribution in [3.63, 3.8) is 0 Å². The van der Waals surface area contributed by atoms with E-state index in [1.54, 1.807) is 0 Å². The van der Waals surface area contributed by atoms with Crippen molar-refractivity contribution in [2.75, 3.05) is 24.3 Å². The van der Waals surface area contributed by atoms with Crippen LogP contribution in [-0.4, -0.2) is 14.1 Å². The van der Waals surface area contributed by atoms with Gasteiger partial charge in [-0.2, -0.15) is 0 Å². The maximum Gasteiger partial charge on any atom is 0.0487 e. The zero-order chi connectivity index (χ0) is 13.9. The summed E-state index contributed by atoms with van der Waals surface area (Å²) in [6.07, 6.45) is 0. The molecule has 0 radical (unpaired) electrons. The van der Waals surface area contributed by atoms with E-state index in [4.69, 9.17) is 0 Å². The molecular formula is C18H18N2. The molecule has 3 aromatic rings. The highest BCUT2D eigenvalue weighted by Gasteiger charge is 2.07. The predicted molar refractivity (Wildman–Crippen MR) is 88.0 cm³/mol. The molecule has 2 nitrogen and oxygen atoms in total. The van der Waals surface area contributed by atoms with Crippen LogP contribution in [0.5, 0.6) is 0 Å². The zero-order valence-electron chi connectivity index (χ0n) is 11.8. The molecule has 3 aromatic carbocycles. The van der Waals surface area contributed by atoms with Crippen LogP contribution in [0.2, 0.25) is 0 Å². The van der Waals surface area contributed by atoms with E-state index < -0.39 is 0 Å². The second kappa shape index (κ2) is 5.25. The Morgan fingerprint density at radius 3 is 2.45 bits per heavy atom. The molecule has 0 spiro atoms. The molecule has 0 amide bonds. The van der Waals surface area contributed by atoms with Gasteiger partial charge in [-0.3, -0.25) is 0 Å². The van der Waals surface area contributed by atoms with Crippen LogP contribution in [-0.2, 0) is 0 Å². The average molecular weight is 262 g/mol. The highest BCUT2D eigenvalue weighted by Crippen LogP contribution is 2.31. The predicted octanol–water partition coefficient (Wildman–Crippen LogP) is 4.65. The maximum absolute atomic E-state index is 3.18. The lowest BCUT2D eigenvalue weighted by atomic mass is 10.1. The number of nitrogens with zero attached hydrogens (tertiary/aromatic N) is 1. The number of hydrogen-bond acceptors (Lipinski definition) is 2. The van der Waals surface area contributed by atoms with Gasteiger partial charge < -0.3 is 10.2 Å². The normalized spacial score (nSPS) is 10.5. The third kappa shape index (κ3) is 2.21. The molecule has 0 fully saturated rings. The van der Waals surface area contributed by atoms with E-state index in [2.05, 4.69) is 84.0 Å². The van der Waals surface area contributed by atoms with Crippen LogP contribution < -0.4 is 10.2 Å². The highest BCUT2D eigenvalue weighted by molar-refractivity contribution is 5.96. The minimum absolute atomic E-state index is 1.12. The Hall–Kier alpha value is -2.48. The average Bonchev–Trinajstić information content (AvgIpc) is 2.53. The molecule has 0 aliphatic carbocycles. The molecule has 3 rings (SSSR count). The van der Waals surface area contributed by atoms with Crippen molar-refractivity contribution in [3.8, 4) is 0 Å². The number of nitrogens with one attached hydrogen (secondary N) is 1. The number of anilines is 3. The number of hydrogen-bond donors (Lipinski definition) is 1. The van der Waals surface area contributed by atoms with E-state index in [-0.39, 0.29) is 0 Å². The van der Waals surface area contributed by atoms with Gasteiger partial charge in [0.05, 0.1) is 0 Å². The maximum atomic E-state index is 3.18. The second-order valence-electron chi connectivity index (χ2n) is 4.86. The van der Waals surface area contributed by atoms with Gasteiger partial charge in [-0.1, -0.05) is 42.5 Å². The fourth-order valence-electron chi connectivity index (χ4n) is 2.51. The van der Waals surface area contributed by atoms with Crippen LogP contribution in [0.4, 0.5) is 17.1 Å². The number of fused-ring (bicyclic) bond motifs is 1. The van der Waals surface area contributed by atoms with Gasteiger partial charge in [0, 0.05) is 36.5 Å². The Kier molecular flexibility index (Phi) is 3.30. The Bertz CT molecular complexity index is 729. The summed E-state index contributed by atoms with van der Waals surface area (Å²) in [5.74, 6) is 0. The summed E-state index contributed by atoms with van der Waals surface area (Å²) in [5.41, 5.74) is 3.51. The van der Waals surface area contributed by atoms with Gasteiger partial charge in [-0.05, 0) is 29.7 Å². The van der Waals surface area contributed by atoms with Gasteiger partial charge in [-0.15, -0.1) is 0 Å². The fraction of sp³-hybridized carbons (Fsp3) is 0.111. The molecule has 0 saturated heterocycles. The molecule has 0 aliphatic rings. The van der Waals surface area contributed by atoms with E-state index in [0.29, 0.717) is 0 Å². The molecule has 0 saturated carbocycles. The molecular weight excluding hydrogens is 244 g/mol. The van der Waals surface area contributed by atoms with Crippen LogP contribution in [0.1, 0.15) is 0 Å². The van der Waals surface area contributed by atoms with Crippen LogP contribution in [0.25, 0.3) is 10.8 Å². The van der Waals surface area contributed by atoms with E-state index >= 15 is 0 Å². The van der Waals surface area contributed by atoms with Crippen molar-refractivity contribution < 1.29 is 0 Å². The second-order valence-corrected chi connectivity index (χ2v) is 4.86. The van der Waals surface area contributed by atoms with E-state index in [1.807, 2.05) is 7.05 Å². The standard InChI is InChI=1S/C18H18N2/c1-19-15-9-6-10-16(13-15)20(2)18-12-5-8-14-7-3-4-11-17(14)18/h3-13,19H,1-2H3. The Labute approximate surface area is 119 Å². The molecule has 2 heteroatoms. The van der Waals surface area contributed by atoms with Crippen LogP contribution in [0.3, 0.4) is 0 Å². The largest absolute Gasteiger partial charge is 0.388 e. The fourth-order valence-corrected chi connectivity index (χ4v) is 2.51. The smallest absolute Gasteiger partial charge is 0.0487 e. The lowest BCUT2D eigenvalue weighted by molar-refractivity contribution is 1.22. The van der Waals surface area contributed by atoms with Crippen molar-refractivity contribution in [2.45, 2.75) is 0 Å². The van der Waals surface area contributed by atoms with E-state index in [9.17, 15) is 0 Å². The zero-order valence-corrected chi connectivity index (χ0v) is 11.8. The van der Waals surface area contributed by atoms with Crippen molar-refractivity contribution >= 4 is 27.8 Å². The molecule has 20 heavy (non-hydrogen) atoms. The minimum Gasteiger partial charge on any atom is -0.388 e. The topological polar surface area (TPSA) is 15.3 Å². The summed E-state index contributed by atoms with van der Waals surface area (Å²) in [7, 11) is 4.05. The molecule has 0 heterocycles. The molecule has 1 N–H and O–H groups in total. The third-order valence-electron chi connectivity index (χ3n) is 3.65. The monoisotopic (exact) mass is 262 g/mol. The Morgan fingerprint density at radius 1 is 0.850 bits per heavy atom.